The number of thioether (sulfide) groups is 1. The van der Waals surface area contributed by atoms with Gasteiger partial charge in [0.1, 0.15) is 5.75 Å². The Morgan fingerprint density at radius 3 is 2.44 bits per heavy atom. The first-order valence-electron chi connectivity index (χ1n) is 8.29. The SMILES string of the molecule is Cc1ccc(Oc2cc(C)nc(SCc3ccccc3C)n2)c(C)c1. The first-order chi connectivity index (χ1) is 12.0. The predicted octanol–water partition coefficient (Wildman–Crippen LogP) is 5.79. The fraction of sp³-hybridized carbons (Fsp3) is 0.238. The minimum absolute atomic E-state index is 0.590. The van der Waals surface area contributed by atoms with Crippen molar-refractivity contribution in [3.8, 4) is 11.6 Å². The molecule has 0 aliphatic carbocycles. The number of aryl methyl sites for hydroxylation is 4. The van der Waals surface area contributed by atoms with E-state index in [4.69, 9.17) is 4.74 Å². The van der Waals surface area contributed by atoms with Crippen LogP contribution in [0.15, 0.2) is 53.7 Å². The minimum atomic E-state index is 0.590. The van der Waals surface area contributed by atoms with Gasteiger partial charge in [-0.05, 0) is 50.5 Å². The Morgan fingerprint density at radius 2 is 1.68 bits per heavy atom. The summed E-state index contributed by atoms with van der Waals surface area (Å²) in [5, 5.41) is 0.739. The van der Waals surface area contributed by atoms with Crippen molar-refractivity contribution in [1.82, 2.24) is 9.97 Å². The highest BCUT2D eigenvalue weighted by atomic mass is 32.2. The Hall–Kier alpha value is -2.33. The molecule has 0 aliphatic heterocycles. The molecule has 0 aliphatic rings. The number of hydrogen-bond acceptors (Lipinski definition) is 4. The molecular weight excluding hydrogens is 328 g/mol. The zero-order chi connectivity index (χ0) is 17.8. The van der Waals surface area contributed by atoms with Gasteiger partial charge in [0.15, 0.2) is 5.16 Å². The second-order valence-electron chi connectivity index (χ2n) is 6.22. The first kappa shape index (κ1) is 17.5. The lowest BCUT2D eigenvalue weighted by Gasteiger charge is -2.10. The zero-order valence-electron chi connectivity index (χ0n) is 15.0. The molecule has 0 spiro atoms. The molecule has 0 N–H and O–H groups in total. The van der Waals surface area contributed by atoms with Gasteiger partial charge in [-0.15, -0.1) is 0 Å². The van der Waals surface area contributed by atoms with E-state index in [1.807, 2.05) is 32.0 Å². The summed E-state index contributed by atoms with van der Waals surface area (Å²) in [6.07, 6.45) is 0. The quantitative estimate of drug-likeness (QED) is 0.430. The number of hydrogen-bond donors (Lipinski definition) is 0. The molecule has 0 saturated carbocycles. The van der Waals surface area contributed by atoms with Crippen molar-refractivity contribution < 1.29 is 4.74 Å². The van der Waals surface area contributed by atoms with E-state index in [0.29, 0.717) is 5.88 Å². The number of benzene rings is 2. The third-order valence-corrected chi connectivity index (χ3v) is 4.87. The Morgan fingerprint density at radius 1 is 0.880 bits per heavy atom. The van der Waals surface area contributed by atoms with Crippen molar-refractivity contribution in [2.45, 2.75) is 38.6 Å². The van der Waals surface area contributed by atoms with Gasteiger partial charge in [-0.3, -0.25) is 0 Å². The minimum Gasteiger partial charge on any atom is -0.439 e. The first-order valence-corrected chi connectivity index (χ1v) is 9.28. The van der Waals surface area contributed by atoms with Crippen LogP contribution in [0.5, 0.6) is 11.6 Å². The predicted molar refractivity (Wildman–Crippen MR) is 103 cm³/mol. The van der Waals surface area contributed by atoms with Crippen molar-refractivity contribution >= 4 is 11.8 Å². The lowest BCUT2D eigenvalue weighted by Crippen LogP contribution is -1.97. The molecule has 0 radical (unpaired) electrons. The molecule has 0 saturated heterocycles. The van der Waals surface area contributed by atoms with Crippen LogP contribution in [0.4, 0.5) is 0 Å². The summed E-state index contributed by atoms with van der Waals surface area (Å²) in [5.74, 6) is 2.27. The van der Waals surface area contributed by atoms with Crippen molar-refractivity contribution in [2.75, 3.05) is 0 Å². The van der Waals surface area contributed by atoms with E-state index in [1.165, 1.54) is 16.7 Å². The lowest BCUT2D eigenvalue weighted by molar-refractivity contribution is 0.451. The van der Waals surface area contributed by atoms with Crippen molar-refractivity contribution in [3.05, 3.63) is 76.5 Å². The highest BCUT2D eigenvalue weighted by molar-refractivity contribution is 7.98. The summed E-state index contributed by atoms with van der Waals surface area (Å²) < 4.78 is 6.00. The molecule has 3 nitrogen and oxygen atoms in total. The molecule has 0 bridgehead atoms. The maximum absolute atomic E-state index is 6.00. The molecule has 2 aromatic carbocycles. The third-order valence-electron chi connectivity index (χ3n) is 3.97. The molecular formula is C21H22N2OS. The fourth-order valence-corrected chi connectivity index (χ4v) is 3.54. The molecule has 4 heteroatoms. The van der Waals surface area contributed by atoms with Crippen LogP contribution < -0.4 is 4.74 Å². The van der Waals surface area contributed by atoms with Gasteiger partial charge in [-0.1, -0.05) is 53.7 Å². The van der Waals surface area contributed by atoms with Crippen LogP contribution in [0.2, 0.25) is 0 Å². The van der Waals surface area contributed by atoms with Crippen LogP contribution in [-0.2, 0) is 5.75 Å². The van der Waals surface area contributed by atoms with E-state index < -0.39 is 0 Å². The summed E-state index contributed by atoms with van der Waals surface area (Å²) in [6, 6.07) is 16.4. The fourth-order valence-electron chi connectivity index (χ4n) is 2.57. The molecule has 3 aromatic rings. The number of ether oxygens (including phenoxy) is 1. The highest BCUT2D eigenvalue weighted by Gasteiger charge is 2.08. The summed E-state index contributed by atoms with van der Waals surface area (Å²) in [7, 11) is 0. The van der Waals surface area contributed by atoms with Crippen LogP contribution >= 0.6 is 11.8 Å². The van der Waals surface area contributed by atoms with Crippen LogP contribution in [0.1, 0.15) is 27.9 Å². The van der Waals surface area contributed by atoms with Crippen LogP contribution in [-0.4, -0.2) is 9.97 Å². The van der Waals surface area contributed by atoms with Crippen molar-refractivity contribution in [1.29, 1.82) is 0 Å². The molecule has 1 heterocycles. The average molecular weight is 350 g/mol. The Bertz CT molecular complexity index is 893. The van der Waals surface area contributed by atoms with Crippen molar-refractivity contribution in [2.24, 2.45) is 0 Å². The van der Waals surface area contributed by atoms with E-state index in [2.05, 4.69) is 54.1 Å². The van der Waals surface area contributed by atoms with E-state index in [-0.39, 0.29) is 0 Å². The second kappa shape index (κ2) is 7.70. The number of rotatable bonds is 5. The van der Waals surface area contributed by atoms with E-state index in [9.17, 15) is 0 Å². The van der Waals surface area contributed by atoms with E-state index >= 15 is 0 Å². The van der Waals surface area contributed by atoms with Crippen LogP contribution in [0, 0.1) is 27.7 Å². The number of nitrogens with zero attached hydrogens (tertiary/aromatic N) is 2. The maximum Gasteiger partial charge on any atom is 0.223 e. The largest absolute Gasteiger partial charge is 0.439 e. The monoisotopic (exact) mass is 350 g/mol. The molecule has 3 rings (SSSR count). The van der Waals surface area contributed by atoms with Gasteiger partial charge in [0.2, 0.25) is 5.88 Å². The van der Waals surface area contributed by atoms with Gasteiger partial charge in [-0.25, -0.2) is 4.98 Å². The second-order valence-corrected chi connectivity index (χ2v) is 7.16. The van der Waals surface area contributed by atoms with E-state index in [0.717, 1.165) is 27.9 Å². The topological polar surface area (TPSA) is 35.0 Å². The molecule has 0 atom stereocenters. The smallest absolute Gasteiger partial charge is 0.223 e. The van der Waals surface area contributed by atoms with Crippen LogP contribution in [0.3, 0.4) is 0 Å². The molecule has 0 unspecified atom stereocenters. The van der Waals surface area contributed by atoms with Gasteiger partial charge in [0.25, 0.3) is 0 Å². The van der Waals surface area contributed by atoms with Gasteiger partial charge < -0.3 is 4.74 Å². The average Bonchev–Trinajstić information content (AvgIpc) is 2.56. The Kier molecular flexibility index (Phi) is 5.39. The van der Waals surface area contributed by atoms with Crippen molar-refractivity contribution in [3.63, 3.8) is 0 Å². The molecule has 0 amide bonds. The van der Waals surface area contributed by atoms with Gasteiger partial charge in [-0.2, -0.15) is 4.98 Å². The Labute approximate surface area is 153 Å². The summed E-state index contributed by atoms with van der Waals surface area (Å²) in [5.41, 5.74) is 5.81. The summed E-state index contributed by atoms with van der Waals surface area (Å²) in [6.45, 7) is 8.21. The third kappa shape index (κ3) is 4.60. The molecule has 1 aromatic heterocycles. The summed E-state index contributed by atoms with van der Waals surface area (Å²) in [4.78, 5) is 9.10. The molecule has 0 fully saturated rings. The van der Waals surface area contributed by atoms with Gasteiger partial charge >= 0.3 is 0 Å². The van der Waals surface area contributed by atoms with E-state index in [1.54, 1.807) is 11.8 Å². The maximum atomic E-state index is 6.00. The molecule has 25 heavy (non-hydrogen) atoms. The Balaban J connectivity index is 1.77. The van der Waals surface area contributed by atoms with Gasteiger partial charge in [0.05, 0.1) is 0 Å². The number of aromatic nitrogens is 2. The van der Waals surface area contributed by atoms with Crippen LogP contribution in [0.25, 0.3) is 0 Å². The van der Waals surface area contributed by atoms with Gasteiger partial charge in [0, 0.05) is 17.5 Å². The lowest BCUT2D eigenvalue weighted by atomic mass is 10.1. The zero-order valence-corrected chi connectivity index (χ0v) is 15.9. The normalized spacial score (nSPS) is 10.7. The highest BCUT2D eigenvalue weighted by Crippen LogP contribution is 2.28. The molecule has 128 valence electrons. The standard InChI is InChI=1S/C21H22N2OS/c1-14-9-10-19(16(3)11-14)24-20-12-17(4)22-21(23-20)25-13-18-8-6-5-7-15(18)2/h5-12H,13H2,1-4H3. The summed E-state index contributed by atoms with van der Waals surface area (Å²) >= 11 is 1.63.